The first-order valence-electron chi connectivity index (χ1n) is 10.1. The maximum absolute atomic E-state index is 11.8. The Morgan fingerprint density at radius 2 is 1.18 bits per heavy atom. The van der Waals surface area contributed by atoms with Crippen molar-refractivity contribution in [2.24, 2.45) is 0 Å². The topological polar surface area (TPSA) is 299 Å². The van der Waals surface area contributed by atoms with Crippen LogP contribution in [0.1, 0.15) is 12.8 Å². The summed E-state index contributed by atoms with van der Waals surface area (Å²) in [6.07, 6.45) is -17.8. The van der Waals surface area contributed by atoms with Crippen LogP contribution >= 0.6 is 0 Å². The minimum Gasteiger partial charge on any atom is -0.548 e. The minimum atomic E-state index is -2.96. The van der Waals surface area contributed by atoms with E-state index in [9.17, 15) is 60.3 Å². The van der Waals surface area contributed by atoms with Crippen molar-refractivity contribution in [1.82, 2.24) is 0 Å². The van der Waals surface area contributed by atoms with E-state index < -0.39 is 111 Å². The Balaban J connectivity index is 0. The van der Waals surface area contributed by atoms with Crippen LogP contribution in [0.4, 0.5) is 0 Å². The van der Waals surface area contributed by atoms with Gasteiger partial charge in [0.2, 0.25) is 11.6 Å². The molecule has 2 rings (SSSR count). The van der Waals surface area contributed by atoms with Gasteiger partial charge in [-0.2, -0.15) is 0 Å². The van der Waals surface area contributed by atoms with E-state index >= 15 is 0 Å². The molecule has 10 atom stereocenters. The number of aliphatic hydroxyl groups is 7. The Labute approximate surface area is 281 Å². The van der Waals surface area contributed by atoms with Gasteiger partial charge in [0.25, 0.3) is 0 Å². The third-order valence-electron chi connectivity index (χ3n) is 5.55. The molecule has 2 heterocycles. The zero-order chi connectivity index (χ0) is 26.7. The number of carbonyl (C=O) groups excluding carboxylic acids is 3. The number of aliphatic hydroxyl groups excluding tert-OH is 7. The molecule has 17 nitrogen and oxygen atoms in total. The van der Waals surface area contributed by atoms with Gasteiger partial charge in [0.05, 0.1) is 38.0 Å². The van der Waals surface area contributed by atoms with Crippen LogP contribution in [-0.4, -0.2) is 134 Å². The van der Waals surface area contributed by atoms with E-state index in [1.54, 1.807) is 0 Å². The summed E-state index contributed by atoms with van der Waals surface area (Å²) in [7, 11) is 0. The smallest absolute Gasteiger partial charge is 0.548 e. The predicted molar refractivity (Wildman–Crippen MR) is 94.5 cm³/mol. The molecule has 202 valence electrons. The number of carbonyl (C=O) groups is 3. The van der Waals surface area contributed by atoms with Gasteiger partial charge in [-0.1, -0.05) is 0 Å². The molecule has 0 aromatic rings. The third kappa shape index (κ3) is 9.50. The molecule has 2 fully saturated rings. The van der Waals surface area contributed by atoms with Crippen LogP contribution in [0, 0.1) is 0 Å². The van der Waals surface area contributed by atoms with Crippen molar-refractivity contribution in [3.05, 3.63) is 0 Å². The van der Waals surface area contributed by atoms with Gasteiger partial charge in [-0.15, -0.1) is 0 Å². The molecule has 2 aliphatic rings. The summed E-state index contributed by atoms with van der Waals surface area (Å²) < 4.78 is 19.7. The standard InChI is InChI=1S/C18H28O17.3Na/c19-3-8(22)13-11(26)6(20)1-17(34-13,15(28)29)32-4-9(23)14-12(27)7(21)2-18(35-14,16(30)31)33-5-10(24)25;;;/h6-9,11-14,19-23,26-27H,1-5H2,(H,24,25)(H,28,29)(H,30,31);;;/q;3*+1/p-3/t6-,7-,8-,9-,11-,12-,13-,14-,17-,18-;;;/m1.../s1. The number of hydrogen-bond donors (Lipinski definition) is 7. The van der Waals surface area contributed by atoms with E-state index in [0.29, 0.717) is 0 Å². The SMILES string of the molecule is O=C([O-])CO[C@]1(C(=O)[O-])C[C@@H](O)[C@@H](O)[C@@H]([C@H](O)CO[C@]2(C(=O)[O-])C[C@@H](O)[C@@H](O)[C@@H]([C@H](O)CO)O2)O1.[Na+].[Na+].[Na+]. The molecule has 0 spiro atoms. The largest absolute Gasteiger partial charge is 1.00 e. The van der Waals surface area contributed by atoms with Crippen LogP contribution in [0.2, 0.25) is 0 Å². The molecule has 38 heavy (non-hydrogen) atoms. The van der Waals surface area contributed by atoms with Gasteiger partial charge in [-0.05, 0) is 0 Å². The average molecular weight is 582 g/mol. The van der Waals surface area contributed by atoms with Crippen molar-refractivity contribution < 1.29 is 173 Å². The zero-order valence-corrected chi connectivity index (χ0v) is 26.9. The van der Waals surface area contributed by atoms with Gasteiger partial charge in [0.1, 0.15) is 48.6 Å². The second-order valence-electron chi connectivity index (χ2n) is 8.06. The van der Waals surface area contributed by atoms with Crippen LogP contribution in [0.15, 0.2) is 0 Å². The molecule has 0 unspecified atom stereocenters. The van der Waals surface area contributed by atoms with Crippen LogP contribution in [0.3, 0.4) is 0 Å². The summed E-state index contributed by atoms with van der Waals surface area (Å²) in [5.74, 6) is -12.1. The Hall–Kier alpha value is 0.970. The first-order valence-corrected chi connectivity index (χ1v) is 10.1. The summed E-state index contributed by atoms with van der Waals surface area (Å²) >= 11 is 0. The predicted octanol–water partition coefficient (Wildman–Crippen LogP) is -18.6. The van der Waals surface area contributed by atoms with Gasteiger partial charge < -0.3 is 84.4 Å². The fourth-order valence-electron chi connectivity index (χ4n) is 3.68. The summed E-state index contributed by atoms with van der Waals surface area (Å²) in [4.78, 5) is 34.0. The fourth-order valence-corrected chi connectivity index (χ4v) is 3.68. The quantitative estimate of drug-likeness (QED) is 0.111. The van der Waals surface area contributed by atoms with Gasteiger partial charge in [0, 0.05) is 12.8 Å². The van der Waals surface area contributed by atoms with Crippen LogP contribution in [0.25, 0.3) is 0 Å². The van der Waals surface area contributed by atoms with Crippen molar-refractivity contribution in [3.63, 3.8) is 0 Å². The molecule has 2 saturated heterocycles. The number of rotatable bonds is 11. The number of ether oxygens (including phenoxy) is 4. The number of carboxylic acids is 3. The Morgan fingerprint density at radius 3 is 1.55 bits per heavy atom. The minimum absolute atomic E-state index is 0. The normalized spacial score (nSPS) is 36.4. The number of aliphatic carboxylic acids is 3. The number of hydrogen-bond acceptors (Lipinski definition) is 17. The van der Waals surface area contributed by atoms with E-state index in [4.69, 9.17) is 19.3 Å². The van der Waals surface area contributed by atoms with Crippen molar-refractivity contribution in [3.8, 4) is 0 Å². The van der Waals surface area contributed by atoms with Crippen LogP contribution < -0.4 is 104 Å². The van der Waals surface area contributed by atoms with E-state index in [-0.39, 0.29) is 88.7 Å². The van der Waals surface area contributed by atoms with E-state index in [2.05, 4.69) is 4.74 Å². The first kappa shape index (κ1) is 41.1. The van der Waals surface area contributed by atoms with E-state index in [1.807, 2.05) is 0 Å². The maximum atomic E-state index is 11.8. The van der Waals surface area contributed by atoms with E-state index in [0.717, 1.165) is 0 Å². The van der Waals surface area contributed by atoms with Crippen molar-refractivity contribution in [2.75, 3.05) is 19.8 Å². The van der Waals surface area contributed by atoms with Gasteiger partial charge in [-0.3, -0.25) is 0 Å². The maximum Gasteiger partial charge on any atom is 1.00 e. The molecular formula is C18H25Na3O17. The summed E-state index contributed by atoms with van der Waals surface area (Å²) in [6.45, 7) is -3.53. The molecule has 20 heteroatoms. The van der Waals surface area contributed by atoms with Crippen molar-refractivity contribution in [2.45, 2.75) is 73.2 Å². The number of carboxylic acid groups (broad SMARTS) is 3. The second kappa shape index (κ2) is 17.2. The Kier molecular flexibility index (Phi) is 18.6. The zero-order valence-electron chi connectivity index (χ0n) is 20.9. The summed E-state index contributed by atoms with van der Waals surface area (Å²) in [6, 6.07) is 0. The molecule has 0 radical (unpaired) electrons. The molecule has 0 saturated carbocycles. The Morgan fingerprint density at radius 1 is 0.789 bits per heavy atom. The molecule has 7 N–H and O–H groups in total. The van der Waals surface area contributed by atoms with Gasteiger partial charge >= 0.3 is 88.7 Å². The molecule has 2 aliphatic heterocycles. The molecule has 0 amide bonds. The first-order chi connectivity index (χ1) is 16.2. The fraction of sp³-hybridized carbons (Fsp3) is 0.833. The summed E-state index contributed by atoms with van der Waals surface area (Å²) in [5.41, 5.74) is 0. The monoisotopic (exact) mass is 582 g/mol. The van der Waals surface area contributed by atoms with Crippen LogP contribution in [0.5, 0.6) is 0 Å². The molecule has 0 bridgehead atoms. The summed E-state index contributed by atoms with van der Waals surface area (Å²) in [5, 5.41) is 103. The van der Waals surface area contributed by atoms with Crippen LogP contribution in [-0.2, 0) is 33.3 Å². The second-order valence-corrected chi connectivity index (χ2v) is 8.06. The molecular weight excluding hydrogens is 557 g/mol. The molecule has 0 aromatic carbocycles. The van der Waals surface area contributed by atoms with Crippen molar-refractivity contribution in [1.29, 1.82) is 0 Å². The van der Waals surface area contributed by atoms with Crippen molar-refractivity contribution >= 4 is 17.9 Å². The third-order valence-corrected chi connectivity index (χ3v) is 5.55. The molecule has 0 aromatic heterocycles. The van der Waals surface area contributed by atoms with Gasteiger partial charge in [0.15, 0.2) is 0 Å². The van der Waals surface area contributed by atoms with Gasteiger partial charge in [-0.25, -0.2) is 0 Å². The average Bonchev–Trinajstić information content (AvgIpc) is 2.79. The molecule has 0 aliphatic carbocycles. The van der Waals surface area contributed by atoms with E-state index in [1.165, 1.54) is 0 Å². The Bertz CT molecular complexity index is 791.